The third-order valence-corrected chi connectivity index (χ3v) is 3.58. The number of carbonyl (C=O) groups excluding carboxylic acids is 1. The van der Waals surface area contributed by atoms with Gasteiger partial charge in [-0.1, -0.05) is 25.4 Å². The average Bonchev–Trinajstić information content (AvgIpc) is 2.33. The van der Waals surface area contributed by atoms with Gasteiger partial charge in [-0.05, 0) is 18.1 Å². The van der Waals surface area contributed by atoms with Crippen molar-refractivity contribution < 1.29 is 17.9 Å². The zero-order chi connectivity index (χ0) is 15.5. The summed E-state index contributed by atoms with van der Waals surface area (Å²) >= 11 is 5.84. The van der Waals surface area contributed by atoms with Crippen molar-refractivity contribution in [3.05, 3.63) is 22.7 Å². The lowest BCUT2D eigenvalue weighted by atomic mass is 10.1. The maximum absolute atomic E-state index is 12.1. The van der Waals surface area contributed by atoms with E-state index in [-0.39, 0.29) is 27.1 Å². The Bertz CT molecular complexity index is 614. The van der Waals surface area contributed by atoms with Crippen LogP contribution in [0.3, 0.4) is 0 Å². The summed E-state index contributed by atoms with van der Waals surface area (Å²) in [6.07, 6.45) is 0. The van der Waals surface area contributed by atoms with Gasteiger partial charge in [0.2, 0.25) is 10.0 Å². The fraction of sp³-hybridized carbons (Fsp3) is 0.417. The Morgan fingerprint density at radius 1 is 1.45 bits per heavy atom. The van der Waals surface area contributed by atoms with E-state index in [1.807, 2.05) is 13.8 Å². The average molecular weight is 321 g/mol. The number of nitrogens with one attached hydrogen (secondary N) is 1. The largest absolute Gasteiger partial charge is 0.494 e. The molecule has 0 aliphatic rings. The van der Waals surface area contributed by atoms with Crippen molar-refractivity contribution in [1.82, 2.24) is 5.32 Å². The highest BCUT2D eigenvalue weighted by atomic mass is 35.5. The van der Waals surface area contributed by atoms with E-state index in [1.165, 1.54) is 13.2 Å². The molecule has 0 saturated carbocycles. The van der Waals surface area contributed by atoms with Crippen LogP contribution in [0.5, 0.6) is 5.75 Å². The second-order valence-electron chi connectivity index (χ2n) is 4.63. The molecule has 0 unspecified atom stereocenters. The Kier molecular flexibility index (Phi) is 5.38. The molecular weight excluding hydrogens is 304 g/mol. The minimum absolute atomic E-state index is 0.0321. The van der Waals surface area contributed by atoms with Gasteiger partial charge < -0.3 is 10.1 Å². The van der Waals surface area contributed by atoms with Crippen LogP contribution >= 0.6 is 11.6 Å². The third-order valence-electron chi connectivity index (χ3n) is 2.45. The lowest BCUT2D eigenvalue weighted by Crippen LogP contribution is -2.28. The van der Waals surface area contributed by atoms with E-state index in [1.54, 1.807) is 0 Å². The smallest absolute Gasteiger partial charge is 0.255 e. The zero-order valence-corrected chi connectivity index (χ0v) is 13.0. The summed E-state index contributed by atoms with van der Waals surface area (Å²) in [6, 6.07) is 2.49. The van der Waals surface area contributed by atoms with Gasteiger partial charge in [-0.3, -0.25) is 4.79 Å². The number of rotatable bonds is 5. The fourth-order valence-corrected chi connectivity index (χ4v) is 2.58. The first-order valence-electron chi connectivity index (χ1n) is 5.85. The van der Waals surface area contributed by atoms with Crippen LogP contribution in [0.2, 0.25) is 5.02 Å². The van der Waals surface area contributed by atoms with E-state index in [9.17, 15) is 13.2 Å². The fourth-order valence-electron chi connectivity index (χ4n) is 1.55. The summed E-state index contributed by atoms with van der Waals surface area (Å²) < 4.78 is 28.0. The molecule has 1 rings (SSSR count). The Hall–Kier alpha value is -1.31. The molecule has 1 amide bonds. The van der Waals surface area contributed by atoms with Crippen molar-refractivity contribution in [3.8, 4) is 5.75 Å². The molecular formula is C12H17ClN2O4S. The van der Waals surface area contributed by atoms with Gasteiger partial charge >= 0.3 is 0 Å². The maximum Gasteiger partial charge on any atom is 0.255 e. The number of hydrogen-bond acceptors (Lipinski definition) is 4. The van der Waals surface area contributed by atoms with Crippen LogP contribution < -0.4 is 15.2 Å². The quantitative estimate of drug-likeness (QED) is 0.856. The monoisotopic (exact) mass is 320 g/mol. The van der Waals surface area contributed by atoms with Crippen LogP contribution in [0, 0.1) is 5.92 Å². The molecule has 0 aromatic heterocycles. The predicted octanol–water partition coefficient (Wildman–Crippen LogP) is 1.38. The molecule has 8 heteroatoms. The lowest BCUT2D eigenvalue weighted by Gasteiger charge is -2.14. The molecule has 3 N–H and O–H groups in total. The molecule has 1 aromatic carbocycles. The van der Waals surface area contributed by atoms with Crippen LogP contribution in [0.15, 0.2) is 17.0 Å². The third kappa shape index (κ3) is 4.09. The molecule has 6 nitrogen and oxygen atoms in total. The van der Waals surface area contributed by atoms with Crippen LogP contribution in [0.4, 0.5) is 0 Å². The number of halogens is 1. The first-order chi connectivity index (χ1) is 9.16. The van der Waals surface area contributed by atoms with Crippen LogP contribution in [0.1, 0.15) is 24.2 Å². The number of nitrogens with two attached hydrogens (primary N) is 1. The van der Waals surface area contributed by atoms with E-state index >= 15 is 0 Å². The molecule has 0 heterocycles. The first-order valence-corrected chi connectivity index (χ1v) is 7.77. The van der Waals surface area contributed by atoms with Crippen LogP contribution in [-0.4, -0.2) is 28.0 Å². The Morgan fingerprint density at radius 3 is 2.50 bits per heavy atom. The van der Waals surface area contributed by atoms with E-state index in [2.05, 4.69) is 5.32 Å². The summed E-state index contributed by atoms with van der Waals surface area (Å²) in [7, 11) is -2.78. The highest BCUT2D eigenvalue weighted by molar-refractivity contribution is 7.89. The zero-order valence-electron chi connectivity index (χ0n) is 11.4. The molecule has 112 valence electrons. The minimum Gasteiger partial charge on any atom is -0.494 e. The van der Waals surface area contributed by atoms with Gasteiger partial charge in [0.1, 0.15) is 4.90 Å². The standard InChI is InChI=1S/C12H17ClN2O4S/c1-7(2)6-15-12(16)9-4-8(13)5-10(11(9)19-3)20(14,17)18/h4-5,7H,6H2,1-3H3,(H,15,16)(H2,14,17,18). The van der Waals surface area contributed by atoms with Gasteiger partial charge in [-0.2, -0.15) is 0 Å². The molecule has 0 atom stereocenters. The van der Waals surface area contributed by atoms with Gasteiger partial charge in [0, 0.05) is 11.6 Å². The number of sulfonamides is 1. The Morgan fingerprint density at radius 2 is 2.05 bits per heavy atom. The number of methoxy groups -OCH3 is 1. The highest BCUT2D eigenvalue weighted by Crippen LogP contribution is 2.31. The number of benzene rings is 1. The van der Waals surface area contributed by atoms with E-state index in [4.69, 9.17) is 21.5 Å². The molecule has 0 aliphatic heterocycles. The van der Waals surface area contributed by atoms with Crippen LogP contribution in [0.25, 0.3) is 0 Å². The molecule has 1 aromatic rings. The van der Waals surface area contributed by atoms with E-state index in [0.717, 1.165) is 6.07 Å². The van der Waals surface area contributed by atoms with E-state index < -0.39 is 15.9 Å². The second-order valence-corrected chi connectivity index (χ2v) is 6.60. The second kappa shape index (κ2) is 6.43. The summed E-state index contributed by atoms with van der Waals surface area (Å²) in [6.45, 7) is 4.32. The topological polar surface area (TPSA) is 98.5 Å². The number of hydrogen-bond donors (Lipinski definition) is 2. The maximum atomic E-state index is 12.1. The number of carbonyl (C=O) groups is 1. The van der Waals surface area contributed by atoms with Gasteiger partial charge in [-0.25, -0.2) is 13.6 Å². The SMILES string of the molecule is COc1c(C(=O)NCC(C)C)cc(Cl)cc1S(N)(=O)=O. The normalized spacial score (nSPS) is 11.5. The summed E-state index contributed by atoms with van der Waals surface area (Å²) in [5.74, 6) is -0.331. The van der Waals surface area contributed by atoms with Gasteiger partial charge in [-0.15, -0.1) is 0 Å². The molecule has 0 bridgehead atoms. The lowest BCUT2D eigenvalue weighted by molar-refractivity contribution is 0.0945. The van der Waals surface area contributed by atoms with Gasteiger partial charge in [0.05, 0.1) is 12.7 Å². The van der Waals surface area contributed by atoms with Crippen LogP contribution in [-0.2, 0) is 10.0 Å². The minimum atomic E-state index is -4.04. The van der Waals surface area contributed by atoms with Gasteiger partial charge in [0.25, 0.3) is 5.91 Å². The molecule has 0 fully saturated rings. The molecule has 0 saturated heterocycles. The summed E-state index contributed by atoms with van der Waals surface area (Å²) in [5, 5.41) is 7.85. The molecule has 0 radical (unpaired) electrons. The first kappa shape index (κ1) is 16.7. The predicted molar refractivity (Wildman–Crippen MR) is 76.5 cm³/mol. The molecule has 20 heavy (non-hydrogen) atoms. The van der Waals surface area contributed by atoms with E-state index in [0.29, 0.717) is 6.54 Å². The number of ether oxygens (including phenoxy) is 1. The van der Waals surface area contributed by atoms with Crippen molar-refractivity contribution >= 4 is 27.5 Å². The van der Waals surface area contributed by atoms with Crippen molar-refractivity contribution in [2.75, 3.05) is 13.7 Å². The van der Waals surface area contributed by atoms with Crippen molar-refractivity contribution in [1.29, 1.82) is 0 Å². The van der Waals surface area contributed by atoms with Crippen molar-refractivity contribution in [3.63, 3.8) is 0 Å². The molecule has 0 spiro atoms. The Labute approximate surface area is 123 Å². The van der Waals surface area contributed by atoms with Gasteiger partial charge in [0.15, 0.2) is 5.75 Å². The van der Waals surface area contributed by atoms with Crippen molar-refractivity contribution in [2.45, 2.75) is 18.7 Å². The Balaban J connectivity index is 3.33. The summed E-state index contributed by atoms with van der Waals surface area (Å²) in [5.41, 5.74) is 0.0321. The highest BCUT2D eigenvalue weighted by Gasteiger charge is 2.23. The number of amides is 1. The van der Waals surface area contributed by atoms with Crippen molar-refractivity contribution in [2.24, 2.45) is 11.1 Å². The summed E-state index contributed by atoms with van der Waals surface area (Å²) in [4.78, 5) is 11.8. The molecule has 0 aliphatic carbocycles. The number of primary sulfonamides is 1.